The van der Waals surface area contributed by atoms with Crippen LogP contribution in [0.5, 0.6) is 0 Å². The van der Waals surface area contributed by atoms with Crippen LogP contribution in [-0.4, -0.2) is 43.1 Å². The Morgan fingerprint density at radius 2 is 2.18 bits per heavy atom. The molecule has 1 amide bonds. The maximum Gasteiger partial charge on any atom is 0.239 e. The number of aryl methyl sites for hydroxylation is 1. The summed E-state index contributed by atoms with van der Waals surface area (Å²) < 4.78 is 0. The molecule has 0 fully saturated rings. The van der Waals surface area contributed by atoms with Gasteiger partial charge < -0.3 is 15.5 Å². The lowest BCUT2D eigenvalue weighted by molar-refractivity contribution is -0.119. The predicted octanol–water partition coefficient (Wildman–Crippen LogP) is 0.399. The van der Waals surface area contributed by atoms with Crippen LogP contribution >= 0.6 is 0 Å². The van der Waals surface area contributed by atoms with Crippen molar-refractivity contribution in [2.75, 3.05) is 37.4 Å². The SMILES string of the molecule is CCNC(=O)CN(C)c1cc(NC)nc(C)n1. The second kappa shape index (κ2) is 6.03. The second-order valence-electron chi connectivity index (χ2n) is 3.72. The molecule has 0 unspecified atom stereocenters. The minimum absolute atomic E-state index is 0.0164. The maximum atomic E-state index is 11.5. The highest BCUT2D eigenvalue weighted by molar-refractivity contribution is 5.80. The molecule has 1 rings (SSSR count). The Bertz CT molecular complexity index is 393. The number of hydrogen-bond donors (Lipinski definition) is 2. The van der Waals surface area contributed by atoms with Crippen LogP contribution in [0, 0.1) is 6.92 Å². The van der Waals surface area contributed by atoms with E-state index in [9.17, 15) is 4.79 Å². The summed E-state index contributed by atoms with van der Waals surface area (Å²) >= 11 is 0. The van der Waals surface area contributed by atoms with Gasteiger partial charge in [-0.05, 0) is 13.8 Å². The molecule has 0 aliphatic heterocycles. The van der Waals surface area contributed by atoms with E-state index in [-0.39, 0.29) is 12.5 Å². The first-order valence-electron chi connectivity index (χ1n) is 5.58. The van der Waals surface area contributed by atoms with Crippen molar-refractivity contribution < 1.29 is 4.79 Å². The van der Waals surface area contributed by atoms with E-state index in [1.54, 1.807) is 11.9 Å². The van der Waals surface area contributed by atoms with Crippen LogP contribution in [0.25, 0.3) is 0 Å². The number of hydrogen-bond acceptors (Lipinski definition) is 5. The number of amides is 1. The van der Waals surface area contributed by atoms with Gasteiger partial charge in [0.1, 0.15) is 17.5 Å². The minimum atomic E-state index is -0.0164. The fourth-order valence-electron chi connectivity index (χ4n) is 1.43. The monoisotopic (exact) mass is 237 g/mol. The molecule has 0 aliphatic rings. The number of carbonyl (C=O) groups excluding carboxylic acids is 1. The summed E-state index contributed by atoms with van der Waals surface area (Å²) in [5.74, 6) is 2.13. The highest BCUT2D eigenvalue weighted by atomic mass is 16.2. The summed E-state index contributed by atoms with van der Waals surface area (Å²) in [5, 5.41) is 5.71. The number of nitrogens with zero attached hydrogens (tertiary/aromatic N) is 3. The van der Waals surface area contributed by atoms with E-state index in [1.165, 1.54) is 0 Å². The molecular formula is C11H19N5O. The molecule has 0 aliphatic carbocycles. The zero-order chi connectivity index (χ0) is 12.8. The number of nitrogens with one attached hydrogen (secondary N) is 2. The Hall–Kier alpha value is -1.85. The Kier molecular flexibility index (Phi) is 4.68. The Morgan fingerprint density at radius 3 is 2.76 bits per heavy atom. The Balaban J connectivity index is 2.77. The maximum absolute atomic E-state index is 11.5. The number of likely N-dealkylation sites (N-methyl/N-ethyl adjacent to an activating group) is 2. The molecule has 6 nitrogen and oxygen atoms in total. The zero-order valence-electron chi connectivity index (χ0n) is 10.7. The fourth-order valence-corrected chi connectivity index (χ4v) is 1.43. The lowest BCUT2D eigenvalue weighted by atomic mass is 10.4. The van der Waals surface area contributed by atoms with Crippen LogP contribution in [0.2, 0.25) is 0 Å². The van der Waals surface area contributed by atoms with Crippen LogP contribution in [0.4, 0.5) is 11.6 Å². The van der Waals surface area contributed by atoms with E-state index in [2.05, 4.69) is 20.6 Å². The third kappa shape index (κ3) is 3.90. The summed E-state index contributed by atoms with van der Waals surface area (Å²) in [6.45, 7) is 4.64. The quantitative estimate of drug-likeness (QED) is 0.775. The first-order valence-corrected chi connectivity index (χ1v) is 5.58. The van der Waals surface area contributed by atoms with Crippen LogP contribution in [0.1, 0.15) is 12.7 Å². The van der Waals surface area contributed by atoms with Crippen molar-refractivity contribution in [1.82, 2.24) is 15.3 Å². The van der Waals surface area contributed by atoms with Crippen LogP contribution in [-0.2, 0) is 4.79 Å². The van der Waals surface area contributed by atoms with E-state index in [4.69, 9.17) is 0 Å². The summed E-state index contributed by atoms with van der Waals surface area (Å²) in [6, 6.07) is 1.81. The Morgan fingerprint density at radius 1 is 1.47 bits per heavy atom. The average molecular weight is 237 g/mol. The standard InChI is InChI=1S/C11H19N5O/c1-5-13-11(17)7-16(4)10-6-9(12-3)14-8(2)15-10/h6H,5,7H2,1-4H3,(H,13,17)(H,12,14,15). The minimum Gasteiger partial charge on any atom is -0.373 e. The Labute approximate surface area is 101 Å². The summed E-state index contributed by atoms with van der Waals surface area (Å²) in [4.78, 5) is 21.7. The van der Waals surface area contributed by atoms with Crippen molar-refractivity contribution in [3.8, 4) is 0 Å². The molecule has 0 saturated carbocycles. The smallest absolute Gasteiger partial charge is 0.239 e. The lowest BCUT2D eigenvalue weighted by Gasteiger charge is -2.18. The molecule has 0 spiro atoms. The van der Waals surface area contributed by atoms with Gasteiger partial charge in [0.15, 0.2) is 0 Å². The van der Waals surface area contributed by atoms with Crippen LogP contribution in [0.15, 0.2) is 6.07 Å². The zero-order valence-corrected chi connectivity index (χ0v) is 10.7. The normalized spacial score (nSPS) is 9.88. The van der Waals surface area contributed by atoms with Crippen LogP contribution < -0.4 is 15.5 Å². The van der Waals surface area contributed by atoms with Gasteiger partial charge >= 0.3 is 0 Å². The molecule has 1 aromatic rings. The van der Waals surface area contributed by atoms with Gasteiger partial charge in [0.05, 0.1) is 6.54 Å². The topological polar surface area (TPSA) is 70.2 Å². The van der Waals surface area contributed by atoms with Gasteiger partial charge in [0.2, 0.25) is 5.91 Å². The van der Waals surface area contributed by atoms with Crippen LogP contribution in [0.3, 0.4) is 0 Å². The van der Waals surface area contributed by atoms with E-state index >= 15 is 0 Å². The molecule has 94 valence electrons. The fraction of sp³-hybridized carbons (Fsp3) is 0.545. The highest BCUT2D eigenvalue weighted by Gasteiger charge is 2.09. The number of rotatable bonds is 5. The van der Waals surface area contributed by atoms with Gasteiger partial charge in [0.25, 0.3) is 0 Å². The van der Waals surface area contributed by atoms with Gasteiger partial charge in [-0.15, -0.1) is 0 Å². The molecule has 1 aromatic heterocycles. The van der Waals surface area contributed by atoms with E-state index in [0.717, 1.165) is 11.6 Å². The molecule has 6 heteroatoms. The molecule has 0 bridgehead atoms. The van der Waals surface area contributed by atoms with Gasteiger partial charge in [-0.25, -0.2) is 9.97 Å². The average Bonchev–Trinajstić information content (AvgIpc) is 2.28. The molecule has 0 saturated heterocycles. The molecule has 0 radical (unpaired) electrons. The largest absolute Gasteiger partial charge is 0.373 e. The van der Waals surface area contributed by atoms with Gasteiger partial charge in [-0.1, -0.05) is 0 Å². The molecule has 0 atom stereocenters. The second-order valence-corrected chi connectivity index (χ2v) is 3.72. The summed E-state index contributed by atoms with van der Waals surface area (Å²) in [5.41, 5.74) is 0. The molecule has 0 aromatic carbocycles. The predicted molar refractivity (Wildman–Crippen MR) is 68.3 cm³/mol. The van der Waals surface area contributed by atoms with Crippen molar-refractivity contribution in [3.05, 3.63) is 11.9 Å². The van der Waals surface area contributed by atoms with Gasteiger partial charge in [-0.2, -0.15) is 0 Å². The number of anilines is 2. The first kappa shape index (κ1) is 13.2. The number of aromatic nitrogens is 2. The van der Waals surface area contributed by atoms with E-state index in [0.29, 0.717) is 12.4 Å². The summed E-state index contributed by atoms with van der Waals surface area (Å²) in [6.07, 6.45) is 0. The van der Waals surface area contributed by atoms with Crippen molar-refractivity contribution in [2.24, 2.45) is 0 Å². The summed E-state index contributed by atoms with van der Waals surface area (Å²) in [7, 11) is 3.63. The molecule has 1 heterocycles. The van der Waals surface area contributed by atoms with Crippen molar-refractivity contribution in [3.63, 3.8) is 0 Å². The number of carbonyl (C=O) groups is 1. The van der Waals surface area contributed by atoms with Crippen molar-refractivity contribution in [2.45, 2.75) is 13.8 Å². The van der Waals surface area contributed by atoms with E-state index < -0.39 is 0 Å². The molecular weight excluding hydrogens is 218 g/mol. The highest BCUT2D eigenvalue weighted by Crippen LogP contribution is 2.13. The third-order valence-corrected chi connectivity index (χ3v) is 2.23. The molecule has 2 N–H and O–H groups in total. The molecule has 17 heavy (non-hydrogen) atoms. The third-order valence-electron chi connectivity index (χ3n) is 2.23. The van der Waals surface area contributed by atoms with Gasteiger partial charge in [0, 0.05) is 26.7 Å². The van der Waals surface area contributed by atoms with E-state index in [1.807, 2.05) is 27.0 Å². The van der Waals surface area contributed by atoms with Crippen molar-refractivity contribution in [1.29, 1.82) is 0 Å². The van der Waals surface area contributed by atoms with Crippen molar-refractivity contribution >= 4 is 17.5 Å². The van der Waals surface area contributed by atoms with Gasteiger partial charge in [-0.3, -0.25) is 4.79 Å². The first-order chi connectivity index (χ1) is 8.06. The lowest BCUT2D eigenvalue weighted by Crippen LogP contribution is -2.35.